The SMILES string of the molecule is CC.COCC1CN(c2ccc(C(F)(F)F)cc2)c2ncnn2C1. The first-order chi connectivity index (χ1) is 11.5. The van der Waals surface area contributed by atoms with Crippen LogP contribution < -0.4 is 4.90 Å². The molecule has 0 radical (unpaired) electrons. The summed E-state index contributed by atoms with van der Waals surface area (Å²) >= 11 is 0. The predicted octanol–water partition coefficient (Wildman–Crippen LogP) is 3.74. The number of alkyl halides is 3. The number of hydrogen-bond donors (Lipinski definition) is 0. The molecular formula is C16H21F3N4O. The summed E-state index contributed by atoms with van der Waals surface area (Å²) in [7, 11) is 1.62. The highest BCUT2D eigenvalue weighted by Gasteiger charge is 2.31. The summed E-state index contributed by atoms with van der Waals surface area (Å²) < 4.78 is 44.9. The van der Waals surface area contributed by atoms with Gasteiger partial charge >= 0.3 is 6.18 Å². The van der Waals surface area contributed by atoms with Crippen molar-refractivity contribution >= 4 is 11.6 Å². The van der Waals surface area contributed by atoms with Gasteiger partial charge in [-0.1, -0.05) is 13.8 Å². The number of rotatable bonds is 3. The lowest BCUT2D eigenvalue weighted by Crippen LogP contribution is -2.37. The maximum atomic E-state index is 12.7. The molecule has 2 heterocycles. The van der Waals surface area contributed by atoms with Crippen LogP contribution in [-0.2, 0) is 17.5 Å². The Kier molecular flexibility index (Phi) is 5.82. The molecule has 1 aliphatic heterocycles. The van der Waals surface area contributed by atoms with E-state index in [0.29, 0.717) is 31.3 Å². The second-order valence-electron chi connectivity index (χ2n) is 5.22. The first-order valence-corrected chi connectivity index (χ1v) is 7.80. The zero-order valence-corrected chi connectivity index (χ0v) is 13.9. The Morgan fingerprint density at radius 1 is 1.17 bits per heavy atom. The number of methoxy groups -OCH3 is 1. The Balaban J connectivity index is 0.00000100. The van der Waals surface area contributed by atoms with Crippen LogP contribution in [0.15, 0.2) is 30.6 Å². The summed E-state index contributed by atoms with van der Waals surface area (Å²) in [6, 6.07) is 5.07. The highest BCUT2D eigenvalue weighted by atomic mass is 19.4. The van der Waals surface area contributed by atoms with E-state index in [-0.39, 0.29) is 5.92 Å². The first kappa shape index (κ1) is 18.3. The zero-order valence-electron chi connectivity index (χ0n) is 13.9. The fourth-order valence-electron chi connectivity index (χ4n) is 2.63. The second kappa shape index (κ2) is 7.65. The van der Waals surface area contributed by atoms with E-state index < -0.39 is 11.7 Å². The summed E-state index contributed by atoms with van der Waals surface area (Å²) in [4.78, 5) is 6.06. The van der Waals surface area contributed by atoms with Crippen LogP contribution in [0.5, 0.6) is 0 Å². The van der Waals surface area contributed by atoms with Crippen molar-refractivity contribution in [3.8, 4) is 0 Å². The van der Waals surface area contributed by atoms with Crippen molar-refractivity contribution < 1.29 is 17.9 Å². The molecule has 1 atom stereocenters. The second-order valence-corrected chi connectivity index (χ2v) is 5.22. The molecule has 1 aliphatic rings. The van der Waals surface area contributed by atoms with Crippen LogP contribution in [0, 0.1) is 5.92 Å². The Bertz CT molecular complexity index is 640. The normalized spacial score (nSPS) is 17.1. The molecule has 0 spiro atoms. The Morgan fingerprint density at radius 2 is 1.83 bits per heavy atom. The van der Waals surface area contributed by atoms with Crippen LogP contribution >= 0.6 is 0 Å². The third-order valence-corrected chi connectivity index (χ3v) is 3.62. The largest absolute Gasteiger partial charge is 0.416 e. The third-order valence-electron chi connectivity index (χ3n) is 3.62. The van der Waals surface area contributed by atoms with E-state index in [1.807, 2.05) is 18.7 Å². The van der Waals surface area contributed by atoms with Crippen molar-refractivity contribution in [3.05, 3.63) is 36.2 Å². The molecule has 8 heteroatoms. The molecule has 0 saturated carbocycles. The van der Waals surface area contributed by atoms with E-state index in [2.05, 4.69) is 10.1 Å². The average Bonchev–Trinajstić information content (AvgIpc) is 3.04. The van der Waals surface area contributed by atoms with Gasteiger partial charge in [0.05, 0.1) is 18.7 Å². The topological polar surface area (TPSA) is 43.2 Å². The van der Waals surface area contributed by atoms with Crippen LogP contribution in [0.3, 0.4) is 0 Å². The first-order valence-electron chi connectivity index (χ1n) is 7.80. The minimum atomic E-state index is -4.33. The van der Waals surface area contributed by atoms with Crippen molar-refractivity contribution in [1.82, 2.24) is 14.8 Å². The van der Waals surface area contributed by atoms with Crippen molar-refractivity contribution in [2.75, 3.05) is 25.2 Å². The monoisotopic (exact) mass is 342 g/mol. The summed E-state index contributed by atoms with van der Waals surface area (Å²) in [5.41, 5.74) is -0.00813. The van der Waals surface area contributed by atoms with Crippen molar-refractivity contribution in [2.45, 2.75) is 26.6 Å². The van der Waals surface area contributed by atoms with Gasteiger partial charge in [0.15, 0.2) is 0 Å². The molecule has 3 rings (SSSR count). The lowest BCUT2D eigenvalue weighted by molar-refractivity contribution is -0.137. The van der Waals surface area contributed by atoms with Crippen LogP contribution in [0.1, 0.15) is 19.4 Å². The summed E-state index contributed by atoms with van der Waals surface area (Å²) in [6.07, 6.45) is -2.89. The highest BCUT2D eigenvalue weighted by Crippen LogP contribution is 2.33. The third kappa shape index (κ3) is 3.87. The van der Waals surface area contributed by atoms with E-state index >= 15 is 0 Å². The van der Waals surface area contributed by atoms with E-state index in [4.69, 9.17) is 4.74 Å². The minimum absolute atomic E-state index is 0.196. The van der Waals surface area contributed by atoms with Gasteiger partial charge in [0, 0.05) is 25.3 Å². The molecule has 1 aromatic carbocycles. The Morgan fingerprint density at radius 3 is 2.42 bits per heavy atom. The molecular weight excluding hydrogens is 321 g/mol. The lowest BCUT2D eigenvalue weighted by Gasteiger charge is -2.33. The predicted molar refractivity (Wildman–Crippen MR) is 85.2 cm³/mol. The van der Waals surface area contributed by atoms with Gasteiger partial charge in [-0.3, -0.25) is 0 Å². The van der Waals surface area contributed by atoms with Crippen LogP contribution in [-0.4, -0.2) is 35.0 Å². The summed E-state index contributed by atoms with van der Waals surface area (Å²) in [6.45, 7) is 5.86. The van der Waals surface area contributed by atoms with Gasteiger partial charge in [-0.05, 0) is 24.3 Å². The van der Waals surface area contributed by atoms with E-state index in [1.165, 1.54) is 18.5 Å². The highest BCUT2D eigenvalue weighted by molar-refractivity contribution is 5.58. The molecule has 24 heavy (non-hydrogen) atoms. The number of ether oxygens (including phenoxy) is 1. The van der Waals surface area contributed by atoms with Crippen LogP contribution in [0.4, 0.5) is 24.8 Å². The van der Waals surface area contributed by atoms with Gasteiger partial charge in [0.2, 0.25) is 5.95 Å². The number of anilines is 2. The smallest absolute Gasteiger partial charge is 0.384 e. The molecule has 0 saturated heterocycles. The molecule has 0 N–H and O–H groups in total. The molecule has 5 nitrogen and oxygen atoms in total. The maximum Gasteiger partial charge on any atom is 0.416 e. The van der Waals surface area contributed by atoms with Gasteiger partial charge in [-0.15, -0.1) is 0 Å². The fourth-order valence-corrected chi connectivity index (χ4v) is 2.63. The molecule has 0 bridgehead atoms. The van der Waals surface area contributed by atoms with Crippen molar-refractivity contribution in [3.63, 3.8) is 0 Å². The molecule has 0 fully saturated rings. The number of hydrogen-bond acceptors (Lipinski definition) is 4. The van der Waals surface area contributed by atoms with Crippen LogP contribution in [0.25, 0.3) is 0 Å². The van der Waals surface area contributed by atoms with Gasteiger partial charge in [0.1, 0.15) is 6.33 Å². The lowest BCUT2D eigenvalue weighted by atomic mass is 10.1. The molecule has 1 aromatic heterocycles. The van der Waals surface area contributed by atoms with Crippen molar-refractivity contribution in [1.29, 1.82) is 0 Å². The number of nitrogens with zero attached hydrogens (tertiary/aromatic N) is 4. The standard InChI is InChI=1S/C14H15F3N4O.C2H6/c1-22-8-10-6-20(13-18-9-19-21(13)7-10)12-4-2-11(3-5-12)14(15,16)17;1-2/h2-5,9-10H,6-8H2,1H3;1-2H3. The molecule has 132 valence electrons. The maximum absolute atomic E-state index is 12.7. The number of fused-ring (bicyclic) bond motifs is 1. The van der Waals surface area contributed by atoms with Gasteiger partial charge in [-0.2, -0.15) is 23.3 Å². The molecule has 0 amide bonds. The Labute approximate surface area is 139 Å². The number of aromatic nitrogens is 3. The van der Waals surface area contributed by atoms with E-state index in [1.54, 1.807) is 11.8 Å². The molecule has 1 unspecified atom stereocenters. The molecule has 0 aliphatic carbocycles. The van der Waals surface area contributed by atoms with Gasteiger partial charge in [-0.25, -0.2) is 4.68 Å². The van der Waals surface area contributed by atoms with Crippen LogP contribution in [0.2, 0.25) is 0 Å². The fraction of sp³-hybridized carbons (Fsp3) is 0.500. The zero-order chi connectivity index (χ0) is 17.7. The van der Waals surface area contributed by atoms with Crippen molar-refractivity contribution in [2.24, 2.45) is 5.92 Å². The average molecular weight is 342 g/mol. The number of halogens is 3. The summed E-state index contributed by atoms with van der Waals surface area (Å²) in [5, 5.41) is 4.15. The number of benzene rings is 1. The quantitative estimate of drug-likeness (QED) is 0.852. The summed E-state index contributed by atoms with van der Waals surface area (Å²) in [5.74, 6) is 0.827. The van der Waals surface area contributed by atoms with E-state index in [9.17, 15) is 13.2 Å². The van der Waals surface area contributed by atoms with E-state index in [0.717, 1.165) is 12.1 Å². The Hall–Kier alpha value is -2.09. The van der Waals surface area contributed by atoms with Gasteiger partial charge in [0.25, 0.3) is 0 Å². The minimum Gasteiger partial charge on any atom is -0.384 e. The van der Waals surface area contributed by atoms with Gasteiger partial charge < -0.3 is 9.64 Å². The molecule has 2 aromatic rings.